The fourth-order valence-corrected chi connectivity index (χ4v) is 1.67. The number of halogens is 1. The highest BCUT2D eigenvalue weighted by Crippen LogP contribution is 2.28. The average molecular weight is 257 g/mol. The van der Waals surface area contributed by atoms with Crippen LogP contribution in [0.1, 0.15) is 18.4 Å². The number of anilines is 1. The van der Waals surface area contributed by atoms with Gasteiger partial charge in [0, 0.05) is 17.2 Å². The van der Waals surface area contributed by atoms with Crippen molar-refractivity contribution in [3.05, 3.63) is 28.2 Å². The molecule has 1 atom stereocenters. The van der Waals surface area contributed by atoms with E-state index in [1.54, 1.807) is 7.05 Å². The third-order valence-corrected chi connectivity index (χ3v) is 2.88. The van der Waals surface area contributed by atoms with E-state index in [4.69, 9.17) is 5.73 Å². The lowest BCUT2D eigenvalue weighted by atomic mass is 9.99. The first kappa shape index (κ1) is 11.0. The topological polar surface area (TPSA) is 55.1 Å². The highest BCUT2D eigenvalue weighted by Gasteiger charge is 2.16. The lowest BCUT2D eigenvalue weighted by Gasteiger charge is -2.13. The molecule has 1 aromatic carbocycles. The molecule has 0 aliphatic heterocycles. The van der Waals surface area contributed by atoms with E-state index < -0.39 is 0 Å². The van der Waals surface area contributed by atoms with Gasteiger partial charge in [0.15, 0.2) is 0 Å². The molecule has 0 radical (unpaired) electrons. The monoisotopic (exact) mass is 256 g/mol. The minimum absolute atomic E-state index is 0.0326. The standard InChI is InChI=1S/C10H13BrN2O/c1-6(10(14)13-2)7-4-3-5-8(11)9(7)12/h3-6H,12H2,1-2H3,(H,13,14). The summed E-state index contributed by atoms with van der Waals surface area (Å²) in [4.78, 5) is 11.4. The van der Waals surface area contributed by atoms with E-state index in [1.807, 2.05) is 25.1 Å². The van der Waals surface area contributed by atoms with Crippen LogP contribution in [0.2, 0.25) is 0 Å². The molecular weight excluding hydrogens is 244 g/mol. The molecule has 0 bridgehead atoms. The molecule has 0 saturated carbocycles. The molecule has 1 amide bonds. The van der Waals surface area contributed by atoms with E-state index in [0.29, 0.717) is 5.69 Å². The van der Waals surface area contributed by atoms with Gasteiger partial charge in [-0.1, -0.05) is 12.1 Å². The second-order valence-electron chi connectivity index (χ2n) is 3.08. The zero-order valence-electron chi connectivity index (χ0n) is 8.17. The predicted molar refractivity (Wildman–Crippen MR) is 61.0 cm³/mol. The summed E-state index contributed by atoms with van der Waals surface area (Å²) in [6, 6.07) is 5.59. The molecule has 0 heterocycles. The van der Waals surface area contributed by atoms with Crippen molar-refractivity contribution in [1.29, 1.82) is 0 Å². The number of rotatable bonds is 2. The molecule has 4 heteroatoms. The Morgan fingerprint density at radius 1 is 1.57 bits per heavy atom. The molecule has 3 N–H and O–H groups in total. The Morgan fingerprint density at radius 2 is 2.21 bits per heavy atom. The van der Waals surface area contributed by atoms with Crippen LogP contribution in [0, 0.1) is 0 Å². The van der Waals surface area contributed by atoms with Gasteiger partial charge >= 0.3 is 0 Å². The Labute approximate surface area is 91.8 Å². The van der Waals surface area contributed by atoms with Gasteiger partial charge in [-0.05, 0) is 34.5 Å². The van der Waals surface area contributed by atoms with Gasteiger partial charge in [0.25, 0.3) is 0 Å². The van der Waals surface area contributed by atoms with Crippen molar-refractivity contribution in [3.8, 4) is 0 Å². The van der Waals surface area contributed by atoms with Crippen LogP contribution >= 0.6 is 15.9 Å². The fraction of sp³-hybridized carbons (Fsp3) is 0.300. The third-order valence-electron chi connectivity index (χ3n) is 2.19. The Morgan fingerprint density at radius 3 is 2.79 bits per heavy atom. The molecule has 0 spiro atoms. The summed E-state index contributed by atoms with van der Waals surface area (Å²) in [6.07, 6.45) is 0. The number of benzene rings is 1. The molecule has 0 saturated heterocycles. The van der Waals surface area contributed by atoms with Crippen LogP contribution in [0.5, 0.6) is 0 Å². The summed E-state index contributed by atoms with van der Waals surface area (Å²) in [7, 11) is 1.62. The van der Waals surface area contributed by atoms with Crippen LogP contribution in [-0.4, -0.2) is 13.0 Å². The van der Waals surface area contributed by atoms with E-state index in [-0.39, 0.29) is 11.8 Å². The summed E-state index contributed by atoms with van der Waals surface area (Å²) in [5.74, 6) is -0.257. The Bertz CT molecular complexity index is 352. The number of nitrogens with two attached hydrogens (primary N) is 1. The highest BCUT2D eigenvalue weighted by molar-refractivity contribution is 9.10. The van der Waals surface area contributed by atoms with Gasteiger partial charge in [-0.25, -0.2) is 0 Å². The van der Waals surface area contributed by atoms with Gasteiger partial charge < -0.3 is 11.1 Å². The van der Waals surface area contributed by atoms with E-state index >= 15 is 0 Å². The normalized spacial score (nSPS) is 12.2. The Kier molecular flexibility index (Phi) is 3.52. The summed E-state index contributed by atoms with van der Waals surface area (Å²) in [6.45, 7) is 1.83. The Balaban J connectivity index is 3.07. The van der Waals surface area contributed by atoms with E-state index in [2.05, 4.69) is 21.2 Å². The van der Waals surface area contributed by atoms with Crippen molar-refractivity contribution < 1.29 is 4.79 Å². The SMILES string of the molecule is CNC(=O)C(C)c1cccc(Br)c1N. The first-order valence-corrected chi connectivity index (χ1v) is 5.12. The van der Waals surface area contributed by atoms with Gasteiger partial charge in [-0.3, -0.25) is 4.79 Å². The molecule has 1 unspecified atom stereocenters. The van der Waals surface area contributed by atoms with Crippen LogP contribution in [-0.2, 0) is 4.79 Å². The van der Waals surface area contributed by atoms with Crippen molar-refractivity contribution in [2.24, 2.45) is 0 Å². The van der Waals surface area contributed by atoms with E-state index in [1.165, 1.54) is 0 Å². The number of hydrogen-bond acceptors (Lipinski definition) is 2. The average Bonchev–Trinajstić information content (AvgIpc) is 2.20. The lowest BCUT2D eigenvalue weighted by Crippen LogP contribution is -2.24. The summed E-state index contributed by atoms with van der Waals surface area (Å²) in [5, 5.41) is 2.60. The zero-order valence-corrected chi connectivity index (χ0v) is 9.76. The lowest BCUT2D eigenvalue weighted by molar-refractivity contribution is -0.121. The predicted octanol–water partition coefficient (Wildman–Crippen LogP) is 1.88. The van der Waals surface area contributed by atoms with Crippen molar-refractivity contribution in [3.63, 3.8) is 0 Å². The number of amides is 1. The first-order valence-electron chi connectivity index (χ1n) is 4.33. The van der Waals surface area contributed by atoms with Crippen LogP contribution in [0.15, 0.2) is 22.7 Å². The number of hydrogen-bond donors (Lipinski definition) is 2. The van der Waals surface area contributed by atoms with Crippen LogP contribution in [0.3, 0.4) is 0 Å². The van der Waals surface area contributed by atoms with Gasteiger partial charge in [-0.2, -0.15) is 0 Å². The maximum absolute atomic E-state index is 11.4. The minimum Gasteiger partial charge on any atom is -0.398 e. The number of carbonyl (C=O) groups is 1. The summed E-state index contributed by atoms with van der Waals surface area (Å²) < 4.78 is 0.825. The second kappa shape index (κ2) is 4.46. The molecule has 1 rings (SSSR count). The zero-order chi connectivity index (χ0) is 10.7. The van der Waals surface area contributed by atoms with Crippen molar-refractivity contribution in [1.82, 2.24) is 5.32 Å². The quantitative estimate of drug-likeness (QED) is 0.795. The number of para-hydroxylation sites is 1. The molecule has 0 fully saturated rings. The largest absolute Gasteiger partial charge is 0.398 e. The van der Waals surface area contributed by atoms with Gasteiger partial charge in [0.1, 0.15) is 0 Å². The molecule has 3 nitrogen and oxygen atoms in total. The van der Waals surface area contributed by atoms with E-state index in [0.717, 1.165) is 10.0 Å². The van der Waals surface area contributed by atoms with Crippen LogP contribution < -0.4 is 11.1 Å². The minimum atomic E-state index is -0.225. The van der Waals surface area contributed by atoms with Crippen LogP contribution in [0.25, 0.3) is 0 Å². The second-order valence-corrected chi connectivity index (χ2v) is 3.93. The van der Waals surface area contributed by atoms with Gasteiger partial charge in [0.2, 0.25) is 5.91 Å². The maximum atomic E-state index is 11.4. The molecule has 0 aliphatic carbocycles. The first-order chi connectivity index (χ1) is 6.57. The van der Waals surface area contributed by atoms with Crippen molar-refractivity contribution in [2.75, 3.05) is 12.8 Å². The third kappa shape index (κ3) is 2.07. The molecular formula is C10H13BrN2O. The summed E-state index contributed by atoms with van der Waals surface area (Å²) in [5.41, 5.74) is 7.32. The molecule has 0 aromatic heterocycles. The van der Waals surface area contributed by atoms with Crippen LogP contribution in [0.4, 0.5) is 5.69 Å². The number of nitrogen functional groups attached to an aromatic ring is 1. The number of nitrogens with one attached hydrogen (secondary N) is 1. The maximum Gasteiger partial charge on any atom is 0.227 e. The number of carbonyl (C=O) groups excluding carboxylic acids is 1. The van der Waals surface area contributed by atoms with Gasteiger partial charge in [-0.15, -0.1) is 0 Å². The summed E-state index contributed by atoms with van der Waals surface area (Å²) >= 11 is 3.33. The van der Waals surface area contributed by atoms with Gasteiger partial charge in [0.05, 0.1) is 5.92 Å². The highest BCUT2D eigenvalue weighted by atomic mass is 79.9. The molecule has 0 aliphatic rings. The van der Waals surface area contributed by atoms with E-state index in [9.17, 15) is 4.79 Å². The van der Waals surface area contributed by atoms with Crippen molar-refractivity contribution >= 4 is 27.5 Å². The van der Waals surface area contributed by atoms with Crippen molar-refractivity contribution in [2.45, 2.75) is 12.8 Å². The molecule has 76 valence electrons. The fourth-order valence-electron chi connectivity index (χ4n) is 1.29. The molecule has 1 aromatic rings. The smallest absolute Gasteiger partial charge is 0.227 e. The number of likely N-dealkylation sites (N-methyl/N-ethyl adjacent to an activating group) is 1. The molecule has 14 heavy (non-hydrogen) atoms. The Hall–Kier alpha value is -1.03.